The largest absolute Gasteiger partial charge is 0.371 e. The van der Waals surface area contributed by atoms with Crippen molar-refractivity contribution in [1.29, 1.82) is 0 Å². The highest BCUT2D eigenvalue weighted by molar-refractivity contribution is 9.10. The Kier molecular flexibility index (Phi) is 4.27. The molecule has 100 valence electrons. The summed E-state index contributed by atoms with van der Waals surface area (Å²) in [6, 6.07) is 7.51. The normalized spacial score (nSPS) is 10.5. The van der Waals surface area contributed by atoms with Crippen molar-refractivity contribution >= 4 is 39.1 Å². The molecule has 0 radical (unpaired) electrons. The SMILES string of the molecule is CNc1nc(Br)n(Cc2ccc(Cl)cc2)c1C(C)=O. The fourth-order valence-corrected chi connectivity index (χ4v) is 2.48. The smallest absolute Gasteiger partial charge is 0.180 e. The van der Waals surface area contributed by atoms with Crippen LogP contribution in [0, 0.1) is 0 Å². The Morgan fingerprint density at radius 1 is 1.42 bits per heavy atom. The summed E-state index contributed by atoms with van der Waals surface area (Å²) in [7, 11) is 1.74. The number of benzene rings is 1. The molecule has 19 heavy (non-hydrogen) atoms. The van der Waals surface area contributed by atoms with Gasteiger partial charge in [-0.05, 0) is 33.6 Å². The fraction of sp³-hybridized carbons (Fsp3) is 0.231. The zero-order chi connectivity index (χ0) is 14.0. The Hall–Kier alpha value is -1.33. The summed E-state index contributed by atoms with van der Waals surface area (Å²) in [6.45, 7) is 2.09. The van der Waals surface area contributed by atoms with Crippen LogP contribution in [-0.4, -0.2) is 22.4 Å². The molecule has 2 aromatic rings. The van der Waals surface area contributed by atoms with Crippen LogP contribution in [-0.2, 0) is 6.54 Å². The number of nitrogens with one attached hydrogen (secondary N) is 1. The predicted molar refractivity (Wildman–Crippen MR) is 80.0 cm³/mol. The number of Topliss-reactive ketones (excluding diaryl/α,β-unsaturated/α-hetero) is 1. The first-order valence-electron chi connectivity index (χ1n) is 5.72. The van der Waals surface area contributed by atoms with Gasteiger partial charge in [-0.15, -0.1) is 0 Å². The molecule has 0 aliphatic rings. The maximum Gasteiger partial charge on any atom is 0.180 e. The van der Waals surface area contributed by atoms with Crippen molar-refractivity contribution in [2.75, 3.05) is 12.4 Å². The van der Waals surface area contributed by atoms with Crippen molar-refractivity contribution in [3.8, 4) is 0 Å². The summed E-state index contributed by atoms with van der Waals surface area (Å²) in [5, 5.41) is 3.62. The first kappa shape index (κ1) is 14.1. The number of aromatic nitrogens is 2. The van der Waals surface area contributed by atoms with E-state index in [-0.39, 0.29) is 5.78 Å². The van der Waals surface area contributed by atoms with Gasteiger partial charge in [0.1, 0.15) is 5.69 Å². The van der Waals surface area contributed by atoms with Gasteiger partial charge in [0.2, 0.25) is 0 Å². The number of rotatable bonds is 4. The molecule has 0 spiro atoms. The van der Waals surface area contributed by atoms with Crippen LogP contribution in [0.1, 0.15) is 23.0 Å². The summed E-state index contributed by atoms with van der Waals surface area (Å²) >= 11 is 9.24. The molecule has 0 saturated heterocycles. The van der Waals surface area contributed by atoms with E-state index in [2.05, 4.69) is 26.2 Å². The molecule has 0 aliphatic carbocycles. The van der Waals surface area contributed by atoms with Gasteiger partial charge in [-0.1, -0.05) is 23.7 Å². The monoisotopic (exact) mass is 341 g/mol. The minimum Gasteiger partial charge on any atom is -0.371 e. The van der Waals surface area contributed by atoms with Gasteiger partial charge in [-0.2, -0.15) is 0 Å². The molecule has 1 N–H and O–H groups in total. The molecular weight excluding hydrogens is 330 g/mol. The van der Waals surface area contributed by atoms with E-state index in [0.717, 1.165) is 5.56 Å². The Morgan fingerprint density at radius 2 is 2.05 bits per heavy atom. The van der Waals surface area contributed by atoms with Crippen LogP contribution < -0.4 is 5.32 Å². The standard InChI is InChI=1S/C13H13BrClN3O/c1-8(19)11-12(16-2)17-13(14)18(11)7-9-3-5-10(15)6-4-9/h3-6,16H,7H2,1-2H3. The zero-order valence-corrected chi connectivity index (χ0v) is 12.9. The van der Waals surface area contributed by atoms with Crippen LogP contribution >= 0.6 is 27.5 Å². The second-order valence-electron chi connectivity index (χ2n) is 4.10. The van der Waals surface area contributed by atoms with Gasteiger partial charge < -0.3 is 9.88 Å². The van der Waals surface area contributed by atoms with Gasteiger partial charge in [0, 0.05) is 19.0 Å². The minimum atomic E-state index is -0.0310. The summed E-state index contributed by atoms with van der Waals surface area (Å²) in [5.41, 5.74) is 1.61. The summed E-state index contributed by atoms with van der Waals surface area (Å²) in [6.07, 6.45) is 0. The van der Waals surface area contributed by atoms with E-state index >= 15 is 0 Å². The van der Waals surface area contributed by atoms with Gasteiger partial charge in [0.15, 0.2) is 16.3 Å². The molecule has 0 atom stereocenters. The number of anilines is 1. The summed E-state index contributed by atoms with van der Waals surface area (Å²) in [4.78, 5) is 16.0. The topological polar surface area (TPSA) is 46.9 Å². The highest BCUT2D eigenvalue weighted by Gasteiger charge is 2.18. The average molecular weight is 343 g/mol. The van der Waals surface area contributed by atoms with Crippen molar-refractivity contribution in [1.82, 2.24) is 9.55 Å². The molecule has 1 aromatic carbocycles. The zero-order valence-electron chi connectivity index (χ0n) is 10.6. The van der Waals surface area contributed by atoms with Crippen molar-refractivity contribution in [2.24, 2.45) is 0 Å². The molecule has 6 heteroatoms. The number of halogens is 2. The van der Waals surface area contributed by atoms with Crippen molar-refractivity contribution < 1.29 is 4.79 Å². The molecule has 0 amide bonds. The lowest BCUT2D eigenvalue weighted by atomic mass is 10.2. The molecule has 4 nitrogen and oxygen atoms in total. The molecular formula is C13H13BrClN3O. The predicted octanol–water partition coefficient (Wildman–Crippen LogP) is 3.59. The van der Waals surface area contributed by atoms with Crippen LogP contribution in [0.25, 0.3) is 0 Å². The second-order valence-corrected chi connectivity index (χ2v) is 5.24. The third-order valence-electron chi connectivity index (χ3n) is 2.75. The third-order valence-corrected chi connectivity index (χ3v) is 3.60. The Morgan fingerprint density at radius 3 is 2.58 bits per heavy atom. The van der Waals surface area contributed by atoms with E-state index < -0.39 is 0 Å². The fourth-order valence-electron chi connectivity index (χ4n) is 1.87. The Balaban J connectivity index is 2.41. The number of hydrogen-bond donors (Lipinski definition) is 1. The van der Waals surface area contributed by atoms with Crippen LogP contribution in [0.4, 0.5) is 5.82 Å². The maximum absolute atomic E-state index is 11.8. The number of nitrogens with zero attached hydrogens (tertiary/aromatic N) is 2. The number of carbonyl (C=O) groups is 1. The van der Waals surface area contributed by atoms with Crippen molar-refractivity contribution in [3.05, 3.63) is 45.3 Å². The Labute approximate surface area is 124 Å². The third kappa shape index (κ3) is 2.98. The van der Waals surface area contributed by atoms with Crippen molar-refractivity contribution in [2.45, 2.75) is 13.5 Å². The lowest BCUT2D eigenvalue weighted by molar-refractivity contribution is 0.101. The van der Waals surface area contributed by atoms with Gasteiger partial charge in [0.05, 0.1) is 6.54 Å². The van der Waals surface area contributed by atoms with Crippen LogP contribution in [0.3, 0.4) is 0 Å². The van der Waals surface area contributed by atoms with Gasteiger partial charge in [-0.3, -0.25) is 4.79 Å². The maximum atomic E-state index is 11.8. The summed E-state index contributed by atoms with van der Waals surface area (Å²) in [5.74, 6) is 0.546. The van der Waals surface area contributed by atoms with Gasteiger partial charge in [0.25, 0.3) is 0 Å². The number of imidazole rings is 1. The van der Waals surface area contributed by atoms with Crippen LogP contribution in [0.15, 0.2) is 29.0 Å². The highest BCUT2D eigenvalue weighted by Crippen LogP contribution is 2.23. The molecule has 1 heterocycles. The number of ketones is 1. The van der Waals surface area contributed by atoms with E-state index in [4.69, 9.17) is 11.6 Å². The molecule has 1 aromatic heterocycles. The van der Waals surface area contributed by atoms with E-state index in [9.17, 15) is 4.79 Å². The lowest BCUT2D eigenvalue weighted by Gasteiger charge is -2.08. The number of hydrogen-bond acceptors (Lipinski definition) is 3. The lowest BCUT2D eigenvalue weighted by Crippen LogP contribution is -2.10. The van der Waals surface area contributed by atoms with Gasteiger partial charge in [-0.25, -0.2) is 4.98 Å². The van der Waals surface area contributed by atoms with E-state index in [1.54, 1.807) is 7.05 Å². The first-order chi connectivity index (χ1) is 9.02. The van der Waals surface area contributed by atoms with E-state index in [0.29, 0.717) is 27.8 Å². The molecule has 0 unspecified atom stereocenters. The molecule has 0 fully saturated rings. The molecule has 0 aliphatic heterocycles. The number of carbonyl (C=O) groups excluding carboxylic acids is 1. The van der Waals surface area contributed by atoms with Crippen molar-refractivity contribution in [3.63, 3.8) is 0 Å². The molecule has 2 rings (SSSR count). The van der Waals surface area contributed by atoms with Crippen LogP contribution in [0.2, 0.25) is 5.02 Å². The average Bonchev–Trinajstić information content (AvgIpc) is 2.69. The minimum absolute atomic E-state index is 0.0310. The summed E-state index contributed by atoms with van der Waals surface area (Å²) < 4.78 is 2.45. The molecule has 0 saturated carbocycles. The second kappa shape index (κ2) is 5.75. The van der Waals surface area contributed by atoms with Gasteiger partial charge >= 0.3 is 0 Å². The Bertz CT molecular complexity index is 607. The first-order valence-corrected chi connectivity index (χ1v) is 6.89. The highest BCUT2D eigenvalue weighted by atomic mass is 79.9. The van der Waals surface area contributed by atoms with E-state index in [1.807, 2.05) is 28.8 Å². The van der Waals surface area contributed by atoms with E-state index in [1.165, 1.54) is 6.92 Å². The van der Waals surface area contributed by atoms with Crippen LogP contribution in [0.5, 0.6) is 0 Å². The molecule has 0 bridgehead atoms. The quantitative estimate of drug-likeness (QED) is 0.864.